The predicted octanol–water partition coefficient (Wildman–Crippen LogP) is 2.46. The second-order valence-electron chi connectivity index (χ2n) is 6.29. The molecular weight excluding hydrogens is 314 g/mol. The lowest BCUT2D eigenvalue weighted by Crippen LogP contribution is -2.36. The van der Waals surface area contributed by atoms with Crippen molar-refractivity contribution >= 4 is 17.5 Å². The Morgan fingerprint density at radius 1 is 1.20 bits per heavy atom. The number of nitrogens with two attached hydrogens (primary N) is 1. The van der Waals surface area contributed by atoms with E-state index in [1.807, 2.05) is 30.3 Å². The van der Waals surface area contributed by atoms with E-state index in [-0.39, 0.29) is 0 Å². The van der Waals surface area contributed by atoms with Gasteiger partial charge in [-0.25, -0.2) is 9.98 Å². The van der Waals surface area contributed by atoms with E-state index < -0.39 is 0 Å². The highest BCUT2D eigenvalue weighted by atomic mass is 16.5. The molecule has 25 heavy (non-hydrogen) atoms. The van der Waals surface area contributed by atoms with Crippen LogP contribution in [0.1, 0.15) is 16.8 Å². The van der Waals surface area contributed by atoms with Gasteiger partial charge in [0.1, 0.15) is 5.82 Å². The maximum absolute atomic E-state index is 6.02. The number of ether oxygens (including phenoxy) is 1. The van der Waals surface area contributed by atoms with Crippen LogP contribution in [0.25, 0.3) is 0 Å². The first-order valence-electron chi connectivity index (χ1n) is 8.54. The van der Waals surface area contributed by atoms with Crippen LogP contribution in [0, 0.1) is 13.8 Å². The summed E-state index contributed by atoms with van der Waals surface area (Å²) < 4.78 is 5.39. The van der Waals surface area contributed by atoms with Crippen molar-refractivity contribution in [3.05, 3.63) is 53.2 Å². The van der Waals surface area contributed by atoms with Gasteiger partial charge in [0.05, 0.1) is 25.5 Å². The van der Waals surface area contributed by atoms with E-state index >= 15 is 0 Å². The molecule has 6 nitrogen and oxygen atoms in total. The van der Waals surface area contributed by atoms with Crippen molar-refractivity contribution in [3.8, 4) is 0 Å². The van der Waals surface area contributed by atoms with Gasteiger partial charge in [-0.05, 0) is 49.2 Å². The summed E-state index contributed by atoms with van der Waals surface area (Å²) in [6, 6.07) is 12.2. The Morgan fingerprint density at radius 3 is 2.64 bits per heavy atom. The fourth-order valence-corrected chi connectivity index (χ4v) is 2.92. The average molecular weight is 339 g/mol. The lowest BCUT2D eigenvalue weighted by Gasteiger charge is -2.27. The van der Waals surface area contributed by atoms with Gasteiger partial charge in [0, 0.05) is 18.8 Å². The molecule has 132 valence electrons. The minimum absolute atomic E-state index is 0.392. The highest BCUT2D eigenvalue weighted by molar-refractivity contribution is 5.92. The summed E-state index contributed by atoms with van der Waals surface area (Å²) in [4.78, 5) is 11.3. The van der Waals surface area contributed by atoms with Gasteiger partial charge < -0.3 is 20.7 Å². The van der Waals surface area contributed by atoms with Crippen molar-refractivity contribution in [2.24, 2.45) is 10.7 Å². The monoisotopic (exact) mass is 339 g/mol. The van der Waals surface area contributed by atoms with E-state index in [0.717, 1.165) is 43.5 Å². The molecule has 0 amide bonds. The van der Waals surface area contributed by atoms with E-state index in [1.165, 1.54) is 11.1 Å². The number of nitrogens with one attached hydrogen (secondary N) is 1. The number of rotatable bonds is 4. The minimum Gasteiger partial charge on any atom is -0.378 e. The average Bonchev–Trinajstić information content (AvgIpc) is 2.60. The number of hydrogen-bond acceptors (Lipinski definition) is 4. The fourth-order valence-electron chi connectivity index (χ4n) is 2.92. The molecule has 0 unspecified atom stereocenters. The second kappa shape index (κ2) is 7.98. The molecule has 1 saturated heterocycles. The topological polar surface area (TPSA) is 75.8 Å². The number of anilines is 2. The van der Waals surface area contributed by atoms with Gasteiger partial charge in [-0.2, -0.15) is 0 Å². The van der Waals surface area contributed by atoms with Crippen LogP contribution in [0.5, 0.6) is 0 Å². The summed E-state index contributed by atoms with van der Waals surface area (Å²) in [5, 5.41) is 3.14. The first-order valence-corrected chi connectivity index (χ1v) is 8.54. The van der Waals surface area contributed by atoms with E-state index in [4.69, 9.17) is 10.5 Å². The van der Waals surface area contributed by atoms with E-state index in [2.05, 4.69) is 40.1 Å². The highest BCUT2D eigenvalue weighted by Crippen LogP contribution is 2.15. The zero-order valence-corrected chi connectivity index (χ0v) is 14.8. The molecule has 0 atom stereocenters. The molecule has 1 aromatic carbocycles. The van der Waals surface area contributed by atoms with Gasteiger partial charge in [0.25, 0.3) is 0 Å². The number of nitrogens with zero attached hydrogens (tertiary/aromatic N) is 3. The van der Waals surface area contributed by atoms with E-state index in [9.17, 15) is 0 Å². The number of morpholine rings is 1. The molecule has 0 spiro atoms. The summed E-state index contributed by atoms with van der Waals surface area (Å²) in [5.74, 6) is 1.36. The molecule has 1 aliphatic rings. The summed E-state index contributed by atoms with van der Waals surface area (Å²) in [6.45, 7) is 7.81. The maximum Gasteiger partial charge on any atom is 0.193 e. The Kier molecular flexibility index (Phi) is 5.50. The summed E-state index contributed by atoms with van der Waals surface area (Å²) in [5.41, 5.74) is 10.2. The maximum atomic E-state index is 6.02. The molecule has 1 aliphatic heterocycles. The molecule has 3 N–H and O–H groups in total. The van der Waals surface area contributed by atoms with Crippen LogP contribution in [0.3, 0.4) is 0 Å². The van der Waals surface area contributed by atoms with Gasteiger partial charge in [-0.1, -0.05) is 12.1 Å². The number of benzene rings is 1. The Labute approximate surface area is 148 Å². The predicted molar refractivity (Wildman–Crippen MR) is 102 cm³/mol. The Balaban J connectivity index is 1.64. The van der Waals surface area contributed by atoms with Gasteiger partial charge in [-0.3, -0.25) is 0 Å². The van der Waals surface area contributed by atoms with Crippen molar-refractivity contribution in [1.29, 1.82) is 0 Å². The van der Waals surface area contributed by atoms with Crippen molar-refractivity contribution in [2.45, 2.75) is 20.4 Å². The first kappa shape index (κ1) is 17.2. The fraction of sp³-hybridized carbons (Fsp3) is 0.368. The number of aryl methyl sites for hydroxylation is 2. The molecule has 6 heteroatoms. The Hall–Kier alpha value is -2.60. The normalized spacial score (nSPS) is 15.3. The minimum atomic E-state index is 0.392. The van der Waals surface area contributed by atoms with Crippen molar-refractivity contribution in [3.63, 3.8) is 0 Å². The van der Waals surface area contributed by atoms with Crippen LogP contribution in [0.15, 0.2) is 41.4 Å². The van der Waals surface area contributed by atoms with Gasteiger partial charge in [0.2, 0.25) is 0 Å². The van der Waals surface area contributed by atoms with Crippen LogP contribution >= 0.6 is 0 Å². The number of aliphatic imine (C=N–C) groups is 1. The summed E-state index contributed by atoms with van der Waals surface area (Å²) in [7, 11) is 0. The van der Waals surface area contributed by atoms with Crippen LogP contribution in [-0.4, -0.2) is 37.2 Å². The summed E-state index contributed by atoms with van der Waals surface area (Å²) >= 11 is 0. The third kappa shape index (κ3) is 4.93. The molecule has 1 fully saturated rings. The number of aromatic nitrogens is 1. The van der Waals surface area contributed by atoms with Crippen LogP contribution < -0.4 is 16.0 Å². The van der Waals surface area contributed by atoms with Crippen molar-refractivity contribution < 1.29 is 4.74 Å². The molecule has 2 aromatic rings. The SMILES string of the molecule is Cc1cc(C)cc(NC(N)=NCc2cccc(N3CCOCC3)n2)c1. The summed E-state index contributed by atoms with van der Waals surface area (Å²) in [6.07, 6.45) is 0. The van der Waals surface area contributed by atoms with Gasteiger partial charge in [0.15, 0.2) is 5.96 Å². The van der Waals surface area contributed by atoms with Gasteiger partial charge in [-0.15, -0.1) is 0 Å². The quantitative estimate of drug-likeness (QED) is 0.661. The lowest BCUT2D eigenvalue weighted by atomic mass is 10.1. The standard InChI is InChI=1S/C19H25N5O/c1-14-10-15(2)12-17(11-14)23-19(20)21-13-16-4-3-5-18(22-16)24-6-8-25-9-7-24/h3-5,10-12H,6-9,13H2,1-2H3,(H3,20,21,23). The number of hydrogen-bond donors (Lipinski definition) is 2. The van der Waals surface area contributed by atoms with Crippen LogP contribution in [-0.2, 0) is 11.3 Å². The second-order valence-corrected chi connectivity index (χ2v) is 6.29. The molecule has 0 aliphatic carbocycles. The molecular formula is C19H25N5O. The molecule has 0 saturated carbocycles. The Bertz CT molecular complexity index is 733. The third-order valence-electron chi connectivity index (χ3n) is 4.03. The van der Waals surface area contributed by atoms with E-state index in [1.54, 1.807) is 0 Å². The first-order chi connectivity index (χ1) is 12.1. The smallest absolute Gasteiger partial charge is 0.193 e. The highest BCUT2D eigenvalue weighted by Gasteiger charge is 2.12. The largest absolute Gasteiger partial charge is 0.378 e. The molecule has 2 heterocycles. The molecule has 0 bridgehead atoms. The zero-order valence-electron chi connectivity index (χ0n) is 14.8. The van der Waals surface area contributed by atoms with Crippen molar-refractivity contribution in [1.82, 2.24) is 4.98 Å². The van der Waals surface area contributed by atoms with Gasteiger partial charge >= 0.3 is 0 Å². The number of pyridine rings is 1. The molecule has 0 radical (unpaired) electrons. The Morgan fingerprint density at radius 2 is 1.92 bits per heavy atom. The molecule has 3 rings (SSSR count). The lowest BCUT2D eigenvalue weighted by molar-refractivity contribution is 0.122. The number of guanidine groups is 1. The van der Waals surface area contributed by atoms with E-state index in [0.29, 0.717) is 12.5 Å². The van der Waals surface area contributed by atoms with Crippen LogP contribution in [0.4, 0.5) is 11.5 Å². The van der Waals surface area contributed by atoms with Crippen molar-refractivity contribution in [2.75, 3.05) is 36.5 Å². The third-order valence-corrected chi connectivity index (χ3v) is 4.03. The zero-order chi connectivity index (χ0) is 17.6. The van der Waals surface area contributed by atoms with Crippen LogP contribution in [0.2, 0.25) is 0 Å². The molecule has 1 aromatic heterocycles.